The third kappa shape index (κ3) is 7.04. The van der Waals surface area contributed by atoms with Crippen LogP contribution in [0.2, 0.25) is 0 Å². The zero-order chi connectivity index (χ0) is 19.8. The fourth-order valence-corrected chi connectivity index (χ4v) is 5.37. The van der Waals surface area contributed by atoms with Crippen LogP contribution in [0, 0.1) is 17.8 Å². The minimum atomic E-state index is 0.487. The molecule has 2 aliphatic carbocycles. The van der Waals surface area contributed by atoms with E-state index in [0.717, 1.165) is 30.3 Å². The zero-order valence-corrected chi connectivity index (χ0v) is 18.2. The average Bonchev–Trinajstić information content (AvgIpc) is 2.70. The zero-order valence-electron chi connectivity index (χ0n) is 18.2. The summed E-state index contributed by atoms with van der Waals surface area (Å²) >= 11 is 0. The molecule has 3 rings (SSSR count). The summed E-state index contributed by atoms with van der Waals surface area (Å²) in [7, 11) is 0. The molecule has 1 aromatic carbocycles. The number of nitrogens with zero attached hydrogens (tertiary/aromatic N) is 1. The summed E-state index contributed by atoms with van der Waals surface area (Å²) < 4.78 is 0. The van der Waals surface area contributed by atoms with Gasteiger partial charge in [-0.2, -0.15) is 0 Å². The summed E-state index contributed by atoms with van der Waals surface area (Å²) in [4.78, 5) is 2.75. The lowest BCUT2D eigenvalue weighted by Crippen LogP contribution is -2.40. The van der Waals surface area contributed by atoms with Crippen LogP contribution in [-0.4, -0.2) is 30.1 Å². The van der Waals surface area contributed by atoms with Crippen LogP contribution in [-0.2, 0) is 0 Å². The van der Waals surface area contributed by atoms with E-state index in [1.54, 1.807) is 0 Å². The maximum absolute atomic E-state index is 6.09. The van der Waals surface area contributed by atoms with Crippen molar-refractivity contribution in [3.63, 3.8) is 0 Å². The Balaban J connectivity index is 1.46. The second-order valence-electron chi connectivity index (χ2n) is 9.85. The molecule has 0 saturated heterocycles. The SMILES string of the molecule is CC(C)CN(CC=Cc1ccccc1)C1CCC(CC2CCC(N)CC2)CC1. The Hall–Kier alpha value is -1.12. The standard InChI is InChI=1S/C26H42N2/c1-21(2)20-28(18-6-9-22-7-4-3-5-8-22)26-16-12-24(13-17-26)19-23-10-14-25(27)15-11-23/h3-9,21,23-26H,10-20,27H2,1-2H3. The molecule has 0 spiro atoms. The van der Waals surface area contributed by atoms with Crippen molar-refractivity contribution < 1.29 is 0 Å². The van der Waals surface area contributed by atoms with Crippen LogP contribution < -0.4 is 5.73 Å². The number of nitrogens with two attached hydrogens (primary N) is 1. The Kier molecular flexibility index (Phi) is 8.61. The fraction of sp³-hybridized carbons (Fsp3) is 0.692. The van der Waals surface area contributed by atoms with E-state index >= 15 is 0 Å². The van der Waals surface area contributed by atoms with Crippen molar-refractivity contribution in [1.29, 1.82) is 0 Å². The number of benzene rings is 1. The predicted octanol–water partition coefficient (Wildman–Crippen LogP) is 6.12. The molecule has 1 aromatic rings. The lowest BCUT2D eigenvalue weighted by molar-refractivity contribution is 0.124. The molecule has 0 heterocycles. The van der Waals surface area contributed by atoms with Crippen molar-refractivity contribution in [3.8, 4) is 0 Å². The molecule has 0 amide bonds. The summed E-state index contributed by atoms with van der Waals surface area (Å²) in [6, 6.07) is 12.0. The van der Waals surface area contributed by atoms with E-state index in [0.29, 0.717) is 6.04 Å². The van der Waals surface area contributed by atoms with E-state index < -0.39 is 0 Å². The molecule has 2 fully saturated rings. The molecule has 156 valence electrons. The lowest BCUT2D eigenvalue weighted by Gasteiger charge is -2.38. The van der Waals surface area contributed by atoms with Gasteiger partial charge in [0.2, 0.25) is 0 Å². The molecule has 2 heteroatoms. The van der Waals surface area contributed by atoms with Gasteiger partial charge in [0.1, 0.15) is 0 Å². The van der Waals surface area contributed by atoms with Gasteiger partial charge in [-0.1, -0.05) is 56.3 Å². The first-order valence-electron chi connectivity index (χ1n) is 11.8. The first-order valence-corrected chi connectivity index (χ1v) is 11.8. The van der Waals surface area contributed by atoms with Crippen molar-refractivity contribution in [2.24, 2.45) is 23.5 Å². The summed E-state index contributed by atoms with van der Waals surface area (Å²) in [6.07, 6.45) is 17.1. The average molecular weight is 383 g/mol. The van der Waals surface area contributed by atoms with Gasteiger partial charge in [-0.15, -0.1) is 0 Å². The van der Waals surface area contributed by atoms with Crippen molar-refractivity contribution >= 4 is 6.08 Å². The van der Waals surface area contributed by atoms with Crippen molar-refractivity contribution in [2.45, 2.75) is 83.7 Å². The van der Waals surface area contributed by atoms with Crippen LogP contribution in [0.1, 0.15) is 77.2 Å². The summed E-state index contributed by atoms with van der Waals surface area (Å²) in [5, 5.41) is 0. The Labute approximate surface area is 173 Å². The van der Waals surface area contributed by atoms with Gasteiger partial charge in [-0.3, -0.25) is 4.90 Å². The number of hydrogen-bond acceptors (Lipinski definition) is 2. The van der Waals surface area contributed by atoms with Crippen molar-refractivity contribution in [2.75, 3.05) is 13.1 Å². The summed E-state index contributed by atoms with van der Waals surface area (Å²) in [6.45, 7) is 7.01. The smallest absolute Gasteiger partial charge is 0.0169 e. The molecule has 0 atom stereocenters. The molecule has 0 bridgehead atoms. The first-order chi connectivity index (χ1) is 13.6. The van der Waals surface area contributed by atoms with E-state index in [9.17, 15) is 0 Å². The van der Waals surface area contributed by atoms with E-state index in [1.807, 2.05) is 0 Å². The molecule has 0 radical (unpaired) electrons. The molecule has 0 unspecified atom stereocenters. The highest BCUT2D eigenvalue weighted by atomic mass is 15.2. The highest BCUT2D eigenvalue weighted by molar-refractivity contribution is 5.48. The monoisotopic (exact) mass is 382 g/mol. The quantitative estimate of drug-likeness (QED) is 0.586. The molecule has 2 aliphatic rings. The Morgan fingerprint density at radius 2 is 1.54 bits per heavy atom. The second kappa shape index (κ2) is 11.2. The maximum atomic E-state index is 6.09. The van der Waals surface area contributed by atoms with Crippen molar-refractivity contribution in [3.05, 3.63) is 42.0 Å². The summed E-state index contributed by atoms with van der Waals surface area (Å²) in [5.74, 6) is 2.66. The van der Waals surface area contributed by atoms with Crippen LogP contribution in [0.3, 0.4) is 0 Å². The Morgan fingerprint density at radius 3 is 2.14 bits per heavy atom. The van der Waals surface area contributed by atoms with Gasteiger partial charge in [0.25, 0.3) is 0 Å². The van der Waals surface area contributed by atoms with Crippen LogP contribution in [0.5, 0.6) is 0 Å². The second-order valence-corrected chi connectivity index (χ2v) is 9.85. The van der Waals surface area contributed by atoms with Gasteiger partial charge in [0, 0.05) is 25.2 Å². The first kappa shape index (κ1) is 21.6. The Bertz CT molecular complexity index is 563. The van der Waals surface area contributed by atoms with Gasteiger partial charge in [0.15, 0.2) is 0 Å². The van der Waals surface area contributed by atoms with E-state index in [1.165, 1.54) is 69.9 Å². The lowest BCUT2D eigenvalue weighted by atomic mass is 9.75. The topological polar surface area (TPSA) is 29.3 Å². The van der Waals surface area contributed by atoms with Gasteiger partial charge in [0.05, 0.1) is 0 Å². The van der Waals surface area contributed by atoms with Gasteiger partial charge in [-0.25, -0.2) is 0 Å². The molecule has 0 aliphatic heterocycles. The van der Waals surface area contributed by atoms with E-state index in [4.69, 9.17) is 5.73 Å². The Morgan fingerprint density at radius 1 is 0.929 bits per heavy atom. The van der Waals surface area contributed by atoms with E-state index in [-0.39, 0.29) is 0 Å². The maximum Gasteiger partial charge on any atom is 0.0169 e. The number of rotatable bonds is 8. The highest BCUT2D eigenvalue weighted by Gasteiger charge is 2.28. The van der Waals surface area contributed by atoms with Crippen LogP contribution in [0.15, 0.2) is 36.4 Å². The molecule has 28 heavy (non-hydrogen) atoms. The molecule has 2 N–H and O–H groups in total. The minimum absolute atomic E-state index is 0.487. The molecular weight excluding hydrogens is 340 g/mol. The van der Waals surface area contributed by atoms with Crippen LogP contribution >= 0.6 is 0 Å². The third-order valence-electron chi connectivity index (χ3n) is 6.94. The third-order valence-corrected chi connectivity index (χ3v) is 6.94. The molecule has 2 saturated carbocycles. The fourth-order valence-electron chi connectivity index (χ4n) is 5.37. The highest BCUT2D eigenvalue weighted by Crippen LogP contribution is 2.36. The summed E-state index contributed by atoms with van der Waals surface area (Å²) in [5.41, 5.74) is 7.40. The van der Waals surface area contributed by atoms with Gasteiger partial charge in [-0.05, 0) is 81.1 Å². The minimum Gasteiger partial charge on any atom is -0.328 e. The van der Waals surface area contributed by atoms with E-state index in [2.05, 4.69) is 61.2 Å². The van der Waals surface area contributed by atoms with Crippen LogP contribution in [0.25, 0.3) is 6.08 Å². The molecule has 0 aromatic heterocycles. The van der Waals surface area contributed by atoms with Crippen LogP contribution in [0.4, 0.5) is 0 Å². The molecule has 2 nitrogen and oxygen atoms in total. The van der Waals surface area contributed by atoms with Gasteiger partial charge >= 0.3 is 0 Å². The molecular formula is C26H42N2. The number of hydrogen-bond donors (Lipinski definition) is 1. The normalized spacial score (nSPS) is 29.0. The largest absolute Gasteiger partial charge is 0.328 e. The van der Waals surface area contributed by atoms with Crippen molar-refractivity contribution in [1.82, 2.24) is 4.90 Å². The van der Waals surface area contributed by atoms with Gasteiger partial charge < -0.3 is 5.73 Å². The predicted molar refractivity (Wildman–Crippen MR) is 122 cm³/mol.